The highest BCUT2D eigenvalue weighted by atomic mass is 16.5. The molecular weight excluding hydrogens is 298 g/mol. The molecule has 1 saturated heterocycles. The fraction of sp³-hybridized carbons (Fsp3) is 0.650. The Bertz CT molecular complexity index is 566. The highest BCUT2D eigenvalue weighted by Crippen LogP contribution is 2.41. The second-order valence-electron chi connectivity index (χ2n) is 7.09. The van der Waals surface area contributed by atoms with Gasteiger partial charge in [0.2, 0.25) is 0 Å². The molecule has 0 atom stereocenters. The van der Waals surface area contributed by atoms with Gasteiger partial charge in [-0.25, -0.2) is 0 Å². The van der Waals surface area contributed by atoms with Crippen molar-refractivity contribution >= 4 is 0 Å². The number of hydrogen-bond acceptors (Lipinski definition) is 4. The van der Waals surface area contributed by atoms with Crippen LogP contribution in [0.4, 0.5) is 0 Å². The van der Waals surface area contributed by atoms with Crippen molar-refractivity contribution in [2.45, 2.75) is 50.5 Å². The summed E-state index contributed by atoms with van der Waals surface area (Å²) in [5, 5.41) is 13.4. The van der Waals surface area contributed by atoms with Crippen LogP contribution in [0.5, 0.6) is 5.75 Å². The standard InChI is InChI=1S/C20H29N3O/c1-2-14-24-19-5-3-4-17(15-19)20(16-21)8-6-18(7-9-20)23-12-10-22-11-13-23/h3-5,15,18,22H,2,6-14H2,1H3. The molecule has 130 valence electrons. The van der Waals surface area contributed by atoms with Gasteiger partial charge in [-0.15, -0.1) is 0 Å². The molecule has 3 rings (SSSR count). The van der Waals surface area contributed by atoms with Gasteiger partial charge < -0.3 is 10.1 Å². The SMILES string of the molecule is CCCOc1cccc(C2(C#N)CCC(N3CCNCC3)CC2)c1. The molecular formula is C20H29N3O. The summed E-state index contributed by atoms with van der Waals surface area (Å²) < 4.78 is 5.77. The Morgan fingerprint density at radius 2 is 2.04 bits per heavy atom. The molecule has 0 amide bonds. The molecule has 4 heteroatoms. The minimum absolute atomic E-state index is 0.337. The van der Waals surface area contributed by atoms with E-state index in [1.165, 1.54) is 0 Å². The maximum absolute atomic E-state index is 9.94. The van der Waals surface area contributed by atoms with Gasteiger partial charge in [-0.05, 0) is 49.8 Å². The zero-order valence-corrected chi connectivity index (χ0v) is 14.8. The van der Waals surface area contributed by atoms with Gasteiger partial charge in [-0.1, -0.05) is 19.1 Å². The quantitative estimate of drug-likeness (QED) is 0.903. The van der Waals surface area contributed by atoms with Crippen LogP contribution in [0.25, 0.3) is 0 Å². The van der Waals surface area contributed by atoms with Crippen LogP contribution < -0.4 is 10.1 Å². The van der Waals surface area contributed by atoms with Crippen molar-refractivity contribution in [3.8, 4) is 11.8 Å². The fourth-order valence-corrected chi connectivity index (χ4v) is 4.08. The number of piperazine rings is 1. The molecule has 1 aromatic rings. The summed E-state index contributed by atoms with van der Waals surface area (Å²) in [5.41, 5.74) is 0.799. The maximum atomic E-state index is 9.94. The van der Waals surface area contributed by atoms with Crippen molar-refractivity contribution < 1.29 is 4.74 Å². The number of rotatable bonds is 5. The molecule has 2 fully saturated rings. The summed E-state index contributed by atoms with van der Waals surface area (Å²) in [4.78, 5) is 2.61. The van der Waals surface area contributed by atoms with Gasteiger partial charge >= 0.3 is 0 Å². The van der Waals surface area contributed by atoms with E-state index in [-0.39, 0.29) is 5.41 Å². The normalized spacial score (nSPS) is 28.2. The van der Waals surface area contributed by atoms with Crippen LogP contribution in [0.1, 0.15) is 44.6 Å². The molecule has 24 heavy (non-hydrogen) atoms. The van der Waals surface area contributed by atoms with E-state index in [1.54, 1.807) is 0 Å². The minimum atomic E-state index is -0.337. The van der Waals surface area contributed by atoms with Crippen LogP contribution in [0, 0.1) is 11.3 Å². The van der Waals surface area contributed by atoms with Gasteiger partial charge in [0.05, 0.1) is 18.1 Å². The van der Waals surface area contributed by atoms with Gasteiger partial charge in [0.25, 0.3) is 0 Å². The highest BCUT2D eigenvalue weighted by molar-refractivity contribution is 5.38. The lowest BCUT2D eigenvalue weighted by atomic mass is 9.69. The van der Waals surface area contributed by atoms with Gasteiger partial charge in [-0.2, -0.15) is 5.26 Å². The van der Waals surface area contributed by atoms with Gasteiger partial charge in [0, 0.05) is 32.2 Å². The molecule has 1 aliphatic carbocycles. The lowest BCUT2D eigenvalue weighted by Gasteiger charge is -2.42. The Labute approximate surface area is 145 Å². The average Bonchev–Trinajstić information content (AvgIpc) is 2.67. The molecule has 2 aliphatic rings. The average molecular weight is 327 g/mol. The number of ether oxygens (including phenoxy) is 1. The predicted octanol–water partition coefficient (Wildman–Crippen LogP) is 3.08. The predicted molar refractivity (Wildman–Crippen MR) is 96.2 cm³/mol. The monoisotopic (exact) mass is 327 g/mol. The van der Waals surface area contributed by atoms with Crippen LogP contribution in [0.3, 0.4) is 0 Å². The zero-order chi connectivity index (χ0) is 16.8. The molecule has 0 unspecified atom stereocenters. The summed E-state index contributed by atoms with van der Waals surface area (Å²) in [6.45, 7) is 7.31. The van der Waals surface area contributed by atoms with Crippen molar-refractivity contribution in [3.05, 3.63) is 29.8 Å². The van der Waals surface area contributed by atoms with Crippen molar-refractivity contribution in [2.24, 2.45) is 0 Å². The van der Waals surface area contributed by atoms with Crippen LogP contribution in [-0.4, -0.2) is 43.7 Å². The Morgan fingerprint density at radius 1 is 1.29 bits per heavy atom. The minimum Gasteiger partial charge on any atom is -0.494 e. The molecule has 1 aromatic carbocycles. The molecule has 0 radical (unpaired) electrons. The number of benzene rings is 1. The Balaban J connectivity index is 1.69. The first-order valence-corrected chi connectivity index (χ1v) is 9.37. The van der Waals surface area contributed by atoms with Gasteiger partial charge in [0.15, 0.2) is 0 Å². The molecule has 4 nitrogen and oxygen atoms in total. The van der Waals surface area contributed by atoms with E-state index < -0.39 is 0 Å². The van der Waals surface area contributed by atoms with E-state index in [9.17, 15) is 5.26 Å². The molecule has 1 aliphatic heterocycles. The second kappa shape index (κ2) is 8.00. The maximum Gasteiger partial charge on any atom is 0.119 e. The van der Waals surface area contributed by atoms with E-state index in [0.717, 1.165) is 76.2 Å². The number of nitriles is 1. The smallest absolute Gasteiger partial charge is 0.119 e. The summed E-state index contributed by atoms with van der Waals surface area (Å²) in [7, 11) is 0. The Morgan fingerprint density at radius 3 is 2.71 bits per heavy atom. The summed E-state index contributed by atoms with van der Waals surface area (Å²) >= 11 is 0. The van der Waals surface area contributed by atoms with E-state index in [2.05, 4.69) is 35.3 Å². The third-order valence-corrected chi connectivity index (χ3v) is 5.55. The second-order valence-corrected chi connectivity index (χ2v) is 7.09. The van der Waals surface area contributed by atoms with Crippen molar-refractivity contribution in [1.29, 1.82) is 5.26 Å². The number of nitrogens with zero attached hydrogens (tertiary/aromatic N) is 2. The first kappa shape index (κ1) is 17.3. The zero-order valence-electron chi connectivity index (χ0n) is 14.8. The third-order valence-electron chi connectivity index (χ3n) is 5.55. The van der Waals surface area contributed by atoms with Crippen LogP contribution >= 0.6 is 0 Å². The van der Waals surface area contributed by atoms with E-state index in [4.69, 9.17) is 4.74 Å². The van der Waals surface area contributed by atoms with E-state index in [0.29, 0.717) is 6.04 Å². The van der Waals surface area contributed by atoms with E-state index >= 15 is 0 Å². The highest BCUT2D eigenvalue weighted by Gasteiger charge is 2.39. The third kappa shape index (κ3) is 3.74. The largest absolute Gasteiger partial charge is 0.494 e. The van der Waals surface area contributed by atoms with Crippen LogP contribution in [0.15, 0.2) is 24.3 Å². The molecule has 0 spiro atoms. The summed E-state index contributed by atoms with van der Waals surface area (Å²) in [5.74, 6) is 0.896. The summed E-state index contributed by atoms with van der Waals surface area (Å²) in [6.07, 6.45) is 5.14. The molecule has 0 aromatic heterocycles. The Hall–Kier alpha value is -1.57. The fourth-order valence-electron chi connectivity index (χ4n) is 4.08. The molecule has 0 bridgehead atoms. The number of hydrogen-bond donors (Lipinski definition) is 1. The van der Waals surface area contributed by atoms with Gasteiger partial charge in [0.1, 0.15) is 5.75 Å². The lowest BCUT2D eigenvalue weighted by Crippen LogP contribution is -2.50. The van der Waals surface area contributed by atoms with E-state index in [1.807, 2.05) is 12.1 Å². The topological polar surface area (TPSA) is 48.3 Å². The van der Waals surface area contributed by atoms with Crippen LogP contribution in [-0.2, 0) is 5.41 Å². The van der Waals surface area contributed by atoms with Crippen LogP contribution in [0.2, 0.25) is 0 Å². The molecule has 1 N–H and O–H groups in total. The first-order chi connectivity index (χ1) is 11.8. The van der Waals surface area contributed by atoms with Crippen molar-refractivity contribution in [2.75, 3.05) is 32.8 Å². The van der Waals surface area contributed by atoms with Gasteiger partial charge in [-0.3, -0.25) is 4.90 Å². The molecule has 1 saturated carbocycles. The van der Waals surface area contributed by atoms with Crippen molar-refractivity contribution in [3.63, 3.8) is 0 Å². The lowest BCUT2D eigenvalue weighted by molar-refractivity contribution is 0.122. The van der Waals surface area contributed by atoms with Crippen molar-refractivity contribution in [1.82, 2.24) is 10.2 Å². The number of nitrogens with one attached hydrogen (secondary N) is 1. The first-order valence-electron chi connectivity index (χ1n) is 9.37. The molecule has 1 heterocycles. The summed E-state index contributed by atoms with van der Waals surface area (Å²) in [6, 6.07) is 11.5. The Kier molecular flexibility index (Phi) is 5.76.